The van der Waals surface area contributed by atoms with Gasteiger partial charge in [-0.3, -0.25) is 24.5 Å². The van der Waals surface area contributed by atoms with Gasteiger partial charge in [0.1, 0.15) is 4.88 Å². The second kappa shape index (κ2) is 5.80. The van der Waals surface area contributed by atoms with Gasteiger partial charge in [0.15, 0.2) is 5.54 Å². The Hall–Kier alpha value is -2.35. The van der Waals surface area contributed by atoms with Crippen molar-refractivity contribution in [2.45, 2.75) is 18.4 Å². The molecule has 1 saturated heterocycles. The van der Waals surface area contributed by atoms with Crippen molar-refractivity contribution in [3.8, 4) is 0 Å². The van der Waals surface area contributed by atoms with Crippen molar-refractivity contribution in [1.29, 1.82) is 0 Å². The summed E-state index contributed by atoms with van der Waals surface area (Å²) in [5.41, 5.74) is 0.988. The van der Waals surface area contributed by atoms with Gasteiger partial charge in [-0.1, -0.05) is 0 Å². The molecule has 0 spiro atoms. The molecule has 2 aromatic rings. The summed E-state index contributed by atoms with van der Waals surface area (Å²) in [4.78, 5) is 39.8. The third kappa shape index (κ3) is 2.16. The minimum atomic E-state index is -1.11. The highest BCUT2D eigenvalue weighted by Crippen LogP contribution is 2.39. The second-order valence-electron chi connectivity index (χ2n) is 4.96. The predicted octanol–water partition coefficient (Wildman–Crippen LogP) is 0.811. The first-order valence-electron chi connectivity index (χ1n) is 6.89. The van der Waals surface area contributed by atoms with Gasteiger partial charge in [0.05, 0.1) is 23.6 Å². The van der Waals surface area contributed by atoms with Crippen LogP contribution in [0.3, 0.4) is 0 Å². The van der Waals surface area contributed by atoms with E-state index in [1.807, 2.05) is 0 Å². The van der Waals surface area contributed by atoms with Gasteiger partial charge < -0.3 is 10.2 Å². The standard InChI is InChI=1S/C14H15N5O2S/c1-15-13(21)14(11-8-16-4-5-18-11)3-2-6-19(14)12(20)10-7-17-9-22-10/h4-5,7-9H,2-3,6H2,1H3,(H,15,21)/t14-/m1/s1. The number of carbonyl (C=O) groups is 2. The molecule has 3 rings (SSSR count). The first kappa shape index (κ1) is 14.6. The molecule has 3 heterocycles. The molecule has 1 aliphatic heterocycles. The molecule has 1 atom stereocenters. The Kier molecular flexibility index (Phi) is 3.84. The van der Waals surface area contributed by atoms with Crippen molar-refractivity contribution in [3.63, 3.8) is 0 Å². The van der Waals surface area contributed by atoms with Crippen molar-refractivity contribution < 1.29 is 9.59 Å². The average molecular weight is 317 g/mol. The van der Waals surface area contributed by atoms with Crippen LogP contribution in [0.1, 0.15) is 28.2 Å². The Morgan fingerprint density at radius 2 is 2.18 bits per heavy atom. The highest BCUT2D eigenvalue weighted by atomic mass is 32.1. The molecule has 0 saturated carbocycles. The van der Waals surface area contributed by atoms with E-state index in [0.717, 1.165) is 6.42 Å². The SMILES string of the molecule is CNC(=O)[C@]1(c2cnccn2)CCCN1C(=O)c1cncs1. The zero-order valence-electron chi connectivity index (χ0n) is 12.0. The van der Waals surface area contributed by atoms with Gasteiger partial charge in [-0.15, -0.1) is 11.3 Å². The van der Waals surface area contributed by atoms with Crippen LogP contribution in [0.25, 0.3) is 0 Å². The van der Waals surface area contributed by atoms with E-state index in [4.69, 9.17) is 0 Å². The monoisotopic (exact) mass is 317 g/mol. The van der Waals surface area contributed by atoms with Crippen LogP contribution in [0.5, 0.6) is 0 Å². The summed E-state index contributed by atoms with van der Waals surface area (Å²) in [5, 5.41) is 2.66. The highest BCUT2D eigenvalue weighted by molar-refractivity contribution is 7.11. The number of nitrogens with zero attached hydrogens (tertiary/aromatic N) is 4. The maximum absolute atomic E-state index is 12.8. The first-order valence-corrected chi connectivity index (χ1v) is 7.77. The highest BCUT2D eigenvalue weighted by Gasteiger charge is 2.52. The van der Waals surface area contributed by atoms with E-state index in [0.29, 0.717) is 23.5 Å². The molecule has 1 N–H and O–H groups in total. The van der Waals surface area contributed by atoms with Crippen molar-refractivity contribution in [3.05, 3.63) is 40.9 Å². The fourth-order valence-electron chi connectivity index (χ4n) is 2.89. The number of amides is 2. The third-order valence-corrected chi connectivity index (χ3v) is 4.62. The summed E-state index contributed by atoms with van der Waals surface area (Å²) >= 11 is 1.26. The molecule has 1 fully saturated rings. The van der Waals surface area contributed by atoms with Crippen molar-refractivity contribution in [2.75, 3.05) is 13.6 Å². The van der Waals surface area contributed by atoms with Gasteiger partial charge in [-0.25, -0.2) is 0 Å². The van der Waals surface area contributed by atoms with E-state index in [2.05, 4.69) is 20.3 Å². The van der Waals surface area contributed by atoms with E-state index in [1.165, 1.54) is 23.7 Å². The first-order chi connectivity index (χ1) is 10.7. The summed E-state index contributed by atoms with van der Waals surface area (Å²) in [6.45, 7) is 0.501. The maximum Gasteiger partial charge on any atom is 0.266 e. The largest absolute Gasteiger partial charge is 0.357 e. The lowest BCUT2D eigenvalue weighted by molar-refractivity contribution is -0.131. The average Bonchev–Trinajstić information content (AvgIpc) is 3.24. The number of likely N-dealkylation sites (tertiary alicyclic amines) is 1. The van der Waals surface area contributed by atoms with Crippen LogP contribution >= 0.6 is 11.3 Å². The van der Waals surface area contributed by atoms with Crippen LogP contribution in [-0.4, -0.2) is 45.3 Å². The van der Waals surface area contributed by atoms with Crippen molar-refractivity contribution >= 4 is 23.2 Å². The predicted molar refractivity (Wildman–Crippen MR) is 80.2 cm³/mol. The third-order valence-electron chi connectivity index (χ3n) is 3.86. The van der Waals surface area contributed by atoms with E-state index >= 15 is 0 Å². The van der Waals surface area contributed by atoms with Crippen LogP contribution in [0.2, 0.25) is 0 Å². The number of hydrogen-bond acceptors (Lipinski definition) is 6. The van der Waals surface area contributed by atoms with Gasteiger partial charge in [0.2, 0.25) is 0 Å². The molecule has 0 unspecified atom stereocenters. The summed E-state index contributed by atoms with van der Waals surface area (Å²) < 4.78 is 0. The number of likely N-dealkylation sites (N-methyl/N-ethyl adjacent to an activating group) is 1. The minimum absolute atomic E-state index is 0.200. The molecule has 114 valence electrons. The minimum Gasteiger partial charge on any atom is -0.357 e. The molecule has 0 aliphatic carbocycles. The molecule has 7 nitrogen and oxygen atoms in total. The Labute approximate surface area is 131 Å². The van der Waals surface area contributed by atoms with E-state index in [-0.39, 0.29) is 11.8 Å². The summed E-state index contributed by atoms with van der Waals surface area (Å²) in [7, 11) is 1.56. The Morgan fingerprint density at radius 3 is 2.82 bits per heavy atom. The lowest BCUT2D eigenvalue weighted by Crippen LogP contribution is -2.54. The second-order valence-corrected chi connectivity index (χ2v) is 5.84. The van der Waals surface area contributed by atoms with Crippen LogP contribution in [0.15, 0.2) is 30.3 Å². The lowest BCUT2D eigenvalue weighted by Gasteiger charge is -2.35. The molecule has 0 radical (unpaired) electrons. The molecule has 22 heavy (non-hydrogen) atoms. The van der Waals surface area contributed by atoms with Gasteiger partial charge in [-0.2, -0.15) is 0 Å². The van der Waals surface area contributed by atoms with E-state index < -0.39 is 5.54 Å². The van der Waals surface area contributed by atoms with E-state index in [1.54, 1.807) is 29.9 Å². The van der Waals surface area contributed by atoms with Crippen LogP contribution in [0.4, 0.5) is 0 Å². The molecule has 8 heteroatoms. The normalized spacial score (nSPS) is 20.9. The summed E-state index contributed by atoms with van der Waals surface area (Å²) in [5.74, 6) is -0.447. The molecular formula is C14H15N5O2S. The molecule has 2 amide bonds. The molecular weight excluding hydrogens is 302 g/mol. The maximum atomic E-state index is 12.8. The van der Waals surface area contributed by atoms with Crippen molar-refractivity contribution in [2.24, 2.45) is 0 Å². The molecule has 0 aromatic carbocycles. The van der Waals surface area contributed by atoms with Gasteiger partial charge in [0, 0.05) is 26.0 Å². The number of aromatic nitrogens is 3. The number of thiazole rings is 1. The van der Waals surface area contributed by atoms with Crippen LogP contribution in [0, 0.1) is 0 Å². The summed E-state index contributed by atoms with van der Waals surface area (Å²) in [6, 6.07) is 0. The number of hydrogen-bond donors (Lipinski definition) is 1. The fourth-order valence-corrected chi connectivity index (χ4v) is 3.45. The van der Waals surface area contributed by atoms with E-state index in [9.17, 15) is 9.59 Å². The molecule has 0 bridgehead atoms. The zero-order valence-corrected chi connectivity index (χ0v) is 12.8. The quantitative estimate of drug-likeness (QED) is 0.905. The zero-order chi connectivity index (χ0) is 15.6. The number of rotatable bonds is 3. The fraction of sp³-hybridized carbons (Fsp3) is 0.357. The van der Waals surface area contributed by atoms with Gasteiger partial charge in [0.25, 0.3) is 11.8 Å². The number of carbonyl (C=O) groups excluding carboxylic acids is 2. The van der Waals surface area contributed by atoms with Crippen molar-refractivity contribution in [1.82, 2.24) is 25.2 Å². The number of nitrogens with one attached hydrogen (secondary N) is 1. The topological polar surface area (TPSA) is 88.1 Å². The molecule has 1 aliphatic rings. The molecule has 2 aromatic heterocycles. The smallest absolute Gasteiger partial charge is 0.266 e. The van der Waals surface area contributed by atoms with Crippen LogP contribution < -0.4 is 5.32 Å². The van der Waals surface area contributed by atoms with Gasteiger partial charge in [-0.05, 0) is 12.8 Å². The Balaban J connectivity index is 2.08. The Bertz CT molecular complexity index is 676. The van der Waals surface area contributed by atoms with Gasteiger partial charge >= 0.3 is 0 Å². The lowest BCUT2D eigenvalue weighted by atomic mass is 9.90. The van der Waals surface area contributed by atoms with Crippen LogP contribution in [-0.2, 0) is 10.3 Å². The summed E-state index contributed by atoms with van der Waals surface area (Å²) in [6.07, 6.45) is 7.41. The Morgan fingerprint density at radius 1 is 1.32 bits per heavy atom.